The van der Waals surface area contributed by atoms with Crippen LogP contribution in [0.3, 0.4) is 0 Å². The monoisotopic (exact) mass is 574 g/mol. The first kappa shape index (κ1) is 29.0. The molecule has 4 heteroatoms. The molecule has 3 aromatic rings. The fourth-order valence-electron chi connectivity index (χ4n) is 5.30. The fourth-order valence-corrected chi connectivity index (χ4v) is 9.43. The van der Waals surface area contributed by atoms with Gasteiger partial charge in [-0.2, -0.15) is 0 Å². The van der Waals surface area contributed by atoms with Gasteiger partial charge in [0.05, 0.1) is 6.16 Å². The summed E-state index contributed by atoms with van der Waals surface area (Å²) in [7, 11) is -1.93. The molecule has 2 nitrogen and oxygen atoms in total. The third-order valence-electron chi connectivity index (χ3n) is 7.30. The number of aliphatic hydroxyl groups excluding tert-OH is 1. The van der Waals surface area contributed by atoms with Gasteiger partial charge in [0, 0.05) is 0 Å². The molecule has 0 unspecified atom stereocenters. The van der Waals surface area contributed by atoms with Crippen molar-refractivity contribution in [2.24, 2.45) is 5.41 Å². The van der Waals surface area contributed by atoms with Crippen molar-refractivity contribution in [2.45, 2.75) is 40.2 Å². The number of aliphatic hydroxyl groups is 1. The minimum atomic E-state index is -1.93. The predicted octanol–water partition coefficient (Wildman–Crippen LogP) is 3.16. The number of rotatable bonds is 7. The Morgan fingerprint density at radius 1 is 0.892 bits per heavy atom. The number of hydrogen-bond acceptors (Lipinski definition) is 2. The largest absolute Gasteiger partial charge is 1.00 e. The zero-order valence-corrected chi connectivity index (χ0v) is 24.5. The molecule has 0 bridgehead atoms. The van der Waals surface area contributed by atoms with Crippen LogP contribution in [0.2, 0.25) is 0 Å². The van der Waals surface area contributed by atoms with E-state index >= 15 is 0 Å². The van der Waals surface area contributed by atoms with E-state index in [9.17, 15) is 9.90 Å². The summed E-state index contributed by atoms with van der Waals surface area (Å²) in [6, 6.07) is 32.7. The number of carbonyl (C=O) groups excluding carboxylic acids is 1. The Morgan fingerprint density at radius 3 is 1.76 bits per heavy atom. The molecule has 1 aliphatic rings. The molecular formula is C33H36BrO2P. The molecule has 0 aromatic heterocycles. The molecule has 0 heterocycles. The first-order valence-electron chi connectivity index (χ1n) is 12.6. The van der Waals surface area contributed by atoms with Gasteiger partial charge in [-0.05, 0) is 79.3 Å². The lowest BCUT2D eigenvalue weighted by molar-refractivity contribution is -0.125. The van der Waals surface area contributed by atoms with Crippen molar-refractivity contribution in [3.63, 3.8) is 0 Å². The summed E-state index contributed by atoms with van der Waals surface area (Å²) in [5.74, 6) is -0.155. The van der Waals surface area contributed by atoms with Gasteiger partial charge in [-0.25, -0.2) is 0 Å². The maximum atomic E-state index is 12.4. The summed E-state index contributed by atoms with van der Waals surface area (Å²) < 4.78 is 0. The molecule has 1 atom stereocenters. The average molecular weight is 576 g/mol. The minimum Gasteiger partial charge on any atom is -1.00 e. The van der Waals surface area contributed by atoms with Gasteiger partial charge in [0.1, 0.15) is 29.3 Å². The maximum Gasteiger partial charge on any atom is 0.187 e. The van der Waals surface area contributed by atoms with Gasteiger partial charge in [0.15, 0.2) is 5.78 Å². The summed E-state index contributed by atoms with van der Waals surface area (Å²) in [5.41, 5.74) is 2.60. The second-order valence-corrected chi connectivity index (χ2v) is 13.8. The van der Waals surface area contributed by atoms with Gasteiger partial charge < -0.3 is 22.1 Å². The molecule has 0 spiro atoms. The number of benzene rings is 3. The summed E-state index contributed by atoms with van der Waals surface area (Å²) >= 11 is 0. The highest BCUT2D eigenvalue weighted by atomic mass is 79.9. The van der Waals surface area contributed by atoms with Crippen molar-refractivity contribution in [2.75, 3.05) is 6.16 Å². The van der Waals surface area contributed by atoms with Crippen molar-refractivity contribution >= 4 is 29.0 Å². The van der Waals surface area contributed by atoms with Crippen molar-refractivity contribution in [1.82, 2.24) is 0 Å². The van der Waals surface area contributed by atoms with Gasteiger partial charge in [-0.3, -0.25) is 4.79 Å². The highest BCUT2D eigenvalue weighted by Crippen LogP contribution is 2.55. The third kappa shape index (κ3) is 6.12. The number of Topliss-reactive ketones (excluding diaryl/α,β-unsaturated/α-hetero) is 1. The van der Waals surface area contributed by atoms with E-state index in [1.165, 1.54) is 15.9 Å². The van der Waals surface area contributed by atoms with Crippen LogP contribution in [0.15, 0.2) is 126 Å². The molecule has 0 saturated heterocycles. The van der Waals surface area contributed by atoms with E-state index in [0.717, 1.165) is 17.3 Å². The van der Waals surface area contributed by atoms with E-state index < -0.39 is 13.4 Å². The molecule has 4 rings (SSSR count). The minimum absolute atomic E-state index is 0. The molecule has 0 aliphatic heterocycles. The van der Waals surface area contributed by atoms with E-state index in [-0.39, 0.29) is 28.2 Å². The zero-order valence-electron chi connectivity index (χ0n) is 22.1. The van der Waals surface area contributed by atoms with E-state index in [0.29, 0.717) is 12.0 Å². The van der Waals surface area contributed by atoms with Crippen LogP contribution in [0.5, 0.6) is 0 Å². The smallest absolute Gasteiger partial charge is 0.187 e. The Hall–Kier alpha value is -2.58. The number of hydrogen-bond donors (Lipinski definition) is 1. The highest BCUT2D eigenvalue weighted by Gasteiger charge is 2.44. The number of allylic oxidation sites excluding steroid dienone is 5. The number of ketones is 1. The third-order valence-corrected chi connectivity index (χ3v) is 11.6. The standard InChI is InChI=1S/C33H36O2P.BrH/c1-25(20-21-30-26(2)32(35)31(34)24-33(30,3)4)22-23-36(27-14-8-5-9-15-27,28-16-10-6-11-17-28)29-18-12-7-13-19-29;/h5-22,31,34H,23-24H2,1-4H3;1H/q+1;/p-1/b21-20+,25-22+;/t31-;/m0./s1. The van der Waals surface area contributed by atoms with Crippen molar-refractivity contribution in [3.05, 3.63) is 126 Å². The van der Waals surface area contributed by atoms with Crippen LogP contribution >= 0.6 is 7.26 Å². The summed E-state index contributed by atoms with van der Waals surface area (Å²) in [4.78, 5) is 12.4. The highest BCUT2D eigenvalue weighted by molar-refractivity contribution is 7.95. The second kappa shape index (κ2) is 12.3. The predicted molar refractivity (Wildman–Crippen MR) is 155 cm³/mol. The number of halogens is 1. The number of carbonyl (C=O) groups is 1. The average Bonchev–Trinajstić information content (AvgIpc) is 2.89. The summed E-state index contributed by atoms with van der Waals surface area (Å²) in [5, 5.41) is 14.3. The SMILES string of the molecule is CC1=C(/C=C/C(C)=C/C[P+](c2ccccc2)(c2ccccc2)c2ccccc2)C(C)(C)C[C@H](O)C1=O.[Br-]. The van der Waals surface area contributed by atoms with Gasteiger partial charge >= 0.3 is 0 Å². The molecule has 0 fully saturated rings. The molecular weight excluding hydrogens is 539 g/mol. The maximum absolute atomic E-state index is 12.4. The summed E-state index contributed by atoms with van der Waals surface area (Å²) in [6.45, 7) is 8.17. The quantitative estimate of drug-likeness (QED) is 0.348. The van der Waals surface area contributed by atoms with Gasteiger partial charge in [0.2, 0.25) is 0 Å². The lowest BCUT2D eigenvalue weighted by atomic mass is 9.71. The lowest BCUT2D eigenvalue weighted by Crippen LogP contribution is -3.00. The summed E-state index contributed by atoms with van der Waals surface area (Å²) in [6.07, 6.45) is 7.01. The molecule has 37 heavy (non-hydrogen) atoms. The van der Waals surface area contributed by atoms with Crippen molar-refractivity contribution in [1.29, 1.82) is 0 Å². The van der Waals surface area contributed by atoms with Crippen LogP contribution in [-0.4, -0.2) is 23.2 Å². The van der Waals surface area contributed by atoms with Gasteiger partial charge in [-0.15, -0.1) is 0 Å². The molecule has 1 aliphatic carbocycles. The Bertz CT molecular complexity index is 1200. The molecule has 1 N–H and O–H groups in total. The van der Waals surface area contributed by atoms with Crippen LogP contribution in [-0.2, 0) is 4.79 Å². The van der Waals surface area contributed by atoms with Gasteiger partial charge in [-0.1, -0.05) is 86.2 Å². The second-order valence-electron chi connectivity index (χ2n) is 10.3. The Balaban J connectivity index is 0.00000380. The topological polar surface area (TPSA) is 37.3 Å². The Labute approximate surface area is 232 Å². The van der Waals surface area contributed by atoms with Crippen molar-refractivity contribution in [3.8, 4) is 0 Å². The lowest BCUT2D eigenvalue weighted by Gasteiger charge is -2.34. The van der Waals surface area contributed by atoms with E-state index in [1.54, 1.807) is 0 Å². The molecule has 192 valence electrons. The van der Waals surface area contributed by atoms with Crippen LogP contribution in [0.1, 0.15) is 34.1 Å². The fraction of sp³-hybridized carbons (Fsp3) is 0.242. The molecule has 3 aromatic carbocycles. The molecule has 0 saturated carbocycles. The zero-order chi connectivity index (χ0) is 25.8. The van der Waals surface area contributed by atoms with Gasteiger partial charge in [0.25, 0.3) is 0 Å². The van der Waals surface area contributed by atoms with E-state index in [2.05, 4.69) is 130 Å². The Kier molecular flexibility index (Phi) is 9.64. The van der Waals surface area contributed by atoms with Crippen LogP contribution in [0, 0.1) is 5.41 Å². The normalized spacial score (nSPS) is 18.1. The molecule has 0 radical (unpaired) electrons. The first-order valence-corrected chi connectivity index (χ1v) is 14.6. The first-order chi connectivity index (χ1) is 17.3. The van der Waals surface area contributed by atoms with E-state index in [1.807, 2.05) is 6.92 Å². The van der Waals surface area contributed by atoms with Crippen molar-refractivity contribution < 1.29 is 26.9 Å². The van der Waals surface area contributed by atoms with Crippen LogP contribution in [0.25, 0.3) is 0 Å². The van der Waals surface area contributed by atoms with E-state index in [4.69, 9.17) is 0 Å². The van der Waals surface area contributed by atoms with Crippen LogP contribution < -0.4 is 32.9 Å². The Morgan fingerprint density at radius 2 is 1.32 bits per heavy atom. The molecule has 0 amide bonds. The van der Waals surface area contributed by atoms with Crippen LogP contribution in [0.4, 0.5) is 0 Å².